The number of hydrogen-bond donors (Lipinski definition) is 1. The van der Waals surface area contributed by atoms with Crippen molar-refractivity contribution in [3.05, 3.63) is 65.5 Å². The van der Waals surface area contributed by atoms with Crippen LogP contribution < -0.4 is 9.62 Å². The molecule has 4 aliphatic carbocycles. The molecule has 1 amide bonds. The van der Waals surface area contributed by atoms with Gasteiger partial charge in [-0.05, 0) is 91.0 Å². The lowest BCUT2D eigenvalue weighted by Gasteiger charge is -2.57. The number of carbonyl (C=O) groups is 1. The van der Waals surface area contributed by atoms with Crippen LogP contribution in [0.4, 0.5) is 10.1 Å². The Hall–Kier alpha value is -2.06. The maximum atomic E-state index is 13.7. The van der Waals surface area contributed by atoms with Gasteiger partial charge in [0.05, 0.1) is 11.9 Å². The van der Waals surface area contributed by atoms with Gasteiger partial charge in [0, 0.05) is 18.1 Å². The zero-order valence-electron chi connectivity index (χ0n) is 20.8. The molecule has 0 aliphatic heterocycles. The number of benzene rings is 2. The van der Waals surface area contributed by atoms with Gasteiger partial charge in [-0.3, -0.25) is 9.10 Å². The minimum absolute atomic E-state index is 0.230. The highest BCUT2D eigenvalue weighted by molar-refractivity contribution is 7.98. The van der Waals surface area contributed by atoms with Crippen molar-refractivity contribution in [3.63, 3.8) is 0 Å². The normalized spacial score (nSPS) is 26.7. The summed E-state index contributed by atoms with van der Waals surface area (Å²) in [4.78, 5) is 12.6. The smallest absolute Gasteiger partial charge is 0.240 e. The van der Waals surface area contributed by atoms with Crippen LogP contribution in [0.15, 0.2) is 48.5 Å². The Labute approximate surface area is 218 Å². The zero-order valence-corrected chi connectivity index (χ0v) is 22.4. The molecule has 1 N–H and O–H groups in total. The molecular formula is C28H35FN2O3S2. The van der Waals surface area contributed by atoms with E-state index in [1.54, 1.807) is 18.2 Å². The van der Waals surface area contributed by atoms with Crippen LogP contribution >= 0.6 is 11.8 Å². The third kappa shape index (κ3) is 5.59. The first-order valence-corrected chi connectivity index (χ1v) is 15.9. The van der Waals surface area contributed by atoms with Crippen LogP contribution in [0.25, 0.3) is 0 Å². The molecule has 194 valence electrons. The maximum Gasteiger partial charge on any atom is 0.240 e. The van der Waals surface area contributed by atoms with Gasteiger partial charge < -0.3 is 5.32 Å². The van der Waals surface area contributed by atoms with E-state index in [0.29, 0.717) is 29.3 Å². The maximum absolute atomic E-state index is 13.7. The second-order valence-electron chi connectivity index (χ2n) is 11.0. The predicted octanol–water partition coefficient (Wildman–Crippen LogP) is 5.11. The summed E-state index contributed by atoms with van der Waals surface area (Å²) >= 11 is 1.52. The largest absolute Gasteiger partial charge is 0.354 e. The molecule has 4 aliphatic rings. The van der Waals surface area contributed by atoms with Crippen LogP contribution in [0, 0.1) is 23.6 Å². The molecule has 0 radical (unpaired) electrons. The van der Waals surface area contributed by atoms with Crippen molar-refractivity contribution in [2.24, 2.45) is 17.8 Å². The number of nitrogens with one attached hydrogen (secondary N) is 1. The van der Waals surface area contributed by atoms with Crippen molar-refractivity contribution in [2.75, 3.05) is 29.4 Å². The van der Waals surface area contributed by atoms with Crippen molar-refractivity contribution in [3.8, 4) is 0 Å². The summed E-state index contributed by atoms with van der Waals surface area (Å²) in [5.74, 6) is 3.09. The minimum atomic E-state index is -3.62. The molecule has 0 atom stereocenters. The van der Waals surface area contributed by atoms with E-state index in [0.717, 1.165) is 24.0 Å². The minimum Gasteiger partial charge on any atom is -0.354 e. The van der Waals surface area contributed by atoms with Gasteiger partial charge in [0.25, 0.3) is 0 Å². The number of sulfonamides is 1. The lowest BCUT2D eigenvalue weighted by atomic mass is 9.48. The van der Waals surface area contributed by atoms with Crippen LogP contribution in [0.3, 0.4) is 0 Å². The molecule has 0 heterocycles. The monoisotopic (exact) mass is 530 g/mol. The van der Waals surface area contributed by atoms with E-state index < -0.39 is 10.0 Å². The van der Waals surface area contributed by atoms with Crippen molar-refractivity contribution in [1.82, 2.24) is 5.32 Å². The average molecular weight is 531 g/mol. The molecule has 0 saturated heterocycles. The summed E-state index contributed by atoms with van der Waals surface area (Å²) in [6.07, 6.45) is 9.06. The van der Waals surface area contributed by atoms with Crippen LogP contribution in [0.1, 0.15) is 49.7 Å². The Kier molecular flexibility index (Phi) is 7.37. The number of rotatable bonds is 10. The van der Waals surface area contributed by atoms with Crippen LogP contribution in [-0.2, 0) is 26.0 Å². The van der Waals surface area contributed by atoms with Gasteiger partial charge in [-0.15, -0.1) is 0 Å². The number of carbonyl (C=O) groups excluding carboxylic acids is 1. The molecule has 36 heavy (non-hydrogen) atoms. The number of nitrogens with zero attached hydrogens (tertiary/aromatic N) is 1. The van der Waals surface area contributed by atoms with E-state index in [4.69, 9.17) is 0 Å². The fraction of sp³-hybridized carbons (Fsp3) is 0.536. The molecule has 5 nitrogen and oxygen atoms in total. The third-order valence-corrected chi connectivity index (χ3v) is 10.4. The lowest BCUT2D eigenvalue weighted by Crippen LogP contribution is -2.48. The summed E-state index contributed by atoms with van der Waals surface area (Å²) in [5, 5.41) is 2.80. The van der Waals surface area contributed by atoms with E-state index in [2.05, 4.69) is 17.4 Å². The molecular weight excluding hydrogens is 495 g/mol. The lowest BCUT2D eigenvalue weighted by molar-refractivity contribution is -0.119. The molecule has 2 aromatic carbocycles. The molecule has 6 rings (SSSR count). The number of halogens is 1. The molecule has 0 unspecified atom stereocenters. The molecule has 4 saturated carbocycles. The van der Waals surface area contributed by atoms with E-state index in [1.807, 2.05) is 12.1 Å². The van der Waals surface area contributed by atoms with E-state index in [-0.39, 0.29) is 23.7 Å². The first-order valence-electron chi connectivity index (χ1n) is 12.9. The van der Waals surface area contributed by atoms with Crippen LogP contribution in [-0.4, -0.2) is 39.4 Å². The second kappa shape index (κ2) is 10.4. The van der Waals surface area contributed by atoms with Crippen molar-refractivity contribution in [1.29, 1.82) is 0 Å². The van der Waals surface area contributed by atoms with Gasteiger partial charge in [-0.2, -0.15) is 11.8 Å². The molecule has 4 bridgehead atoms. The Balaban J connectivity index is 1.17. The molecule has 4 fully saturated rings. The summed E-state index contributed by atoms with van der Waals surface area (Å²) in [5.41, 5.74) is 2.74. The predicted molar refractivity (Wildman–Crippen MR) is 144 cm³/mol. The van der Waals surface area contributed by atoms with E-state index in [9.17, 15) is 17.6 Å². The number of amides is 1. The van der Waals surface area contributed by atoms with Gasteiger partial charge >= 0.3 is 0 Å². The van der Waals surface area contributed by atoms with E-state index in [1.165, 1.54) is 66.2 Å². The fourth-order valence-corrected chi connectivity index (χ4v) is 8.79. The highest BCUT2D eigenvalue weighted by Crippen LogP contribution is 2.60. The Morgan fingerprint density at radius 1 is 1.03 bits per heavy atom. The summed E-state index contributed by atoms with van der Waals surface area (Å²) in [6.45, 7) is 0.133. The Morgan fingerprint density at radius 2 is 1.64 bits per heavy atom. The number of hydrogen-bond acceptors (Lipinski definition) is 4. The highest BCUT2D eigenvalue weighted by atomic mass is 32.2. The Bertz CT molecular complexity index is 1160. The summed E-state index contributed by atoms with van der Waals surface area (Å²) in [6, 6.07) is 14.6. The second-order valence-corrected chi connectivity index (χ2v) is 14.0. The zero-order chi connectivity index (χ0) is 25.3. The molecule has 0 aromatic heterocycles. The van der Waals surface area contributed by atoms with Gasteiger partial charge in [0.1, 0.15) is 12.4 Å². The van der Waals surface area contributed by atoms with Crippen molar-refractivity contribution in [2.45, 2.75) is 49.7 Å². The first-order chi connectivity index (χ1) is 17.2. The third-order valence-electron chi connectivity index (χ3n) is 8.28. The SMILES string of the molecule is CS(=O)(=O)N(CC(=O)NCCSCc1ccccc1F)c1ccc(C23CC4CC(CC(C4)C2)C3)cc1. The van der Waals surface area contributed by atoms with Crippen molar-refractivity contribution >= 4 is 33.4 Å². The van der Waals surface area contributed by atoms with Gasteiger partial charge in [0.15, 0.2) is 0 Å². The summed E-state index contributed by atoms with van der Waals surface area (Å²) in [7, 11) is -3.62. The van der Waals surface area contributed by atoms with E-state index >= 15 is 0 Å². The fourth-order valence-electron chi connectivity index (χ4n) is 7.09. The van der Waals surface area contributed by atoms with Gasteiger partial charge in [-0.1, -0.05) is 30.3 Å². The highest BCUT2D eigenvalue weighted by Gasteiger charge is 2.51. The average Bonchev–Trinajstić information content (AvgIpc) is 2.82. The van der Waals surface area contributed by atoms with Crippen LogP contribution in [0.2, 0.25) is 0 Å². The molecule has 2 aromatic rings. The molecule has 8 heteroatoms. The first kappa shape index (κ1) is 25.6. The summed E-state index contributed by atoms with van der Waals surface area (Å²) < 4.78 is 40.0. The van der Waals surface area contributed by atoms with Gasteiger partial charge in [0.2, 0.25) is 15.9 Å². The van der Waals surface area contributed by atoms with Crippen LogP contribution in [0.5, 0.6) is 0 Å². The van der Waals surface area contributed by atoms with Gasteiger partial charge in [-0.25, -0.2) is 12.8 Å². The number of thioether (sulfide) groups is 1. The standard InChI is InChI=1S/C28H35FN2O3S2/c1-36(33,34)31(18-27(32)30-10-11-35-19-23-4-2-3-5-26(23)29)25-8-6-24(7-9-25)28-15-20-12-21(16-28)14-22(13-20)17-28/h2-9,20-22H,10-19H2,1H3,(H,30,32). The quantitative estimate of drug-likeness (QED) is 0.434. The molecule has 0 spiro atoms. The topological polar surface area (TPSA) is 66.5 Å². The van der Waals surface area contributed by atoms with Crippen molar-refractivity contribution < 1.29 is 17.6 Å². The number of anilines is 1. The Morgan fingerprint density at radius 3 is 2.22 bits per heavy atom.